The fourth-order valence-electron chi connectivity index (χ4n) is 2.24. The third-order valence-electron chi connectivity index (χ3n) is 3.25. The number of halogens is 1. The molecule has 3 aromatic rings. The molecule has 0 fully saturated rings. The van der Waals surface area contributed by atoms with Gasteiger partial charge in [-0.1, -0.05) is 36.4 Å². The van der Waals surface area contributed by atoms with Crippen LogP contribution in [-0.2, 0) is 0 Å². The van der Waals surface area contributed by atoms with Crippen molar-refractivity contribution in [3.8, 4) is 0 Å². The summed E-state index contributed by atoms with van der Waals surface area (Å²) in [4.78, 5) is 12.4. The number of rotatable bonds is 2. The molecule has 0 saturated carbocycles. The highest BCUT2D eigenvalue weighted by Gasteiger charge is 2.13. The Labute approximate surface area is 115 Å². The molecule has 0 aromatic heterocycles. The maximum Gasteiger partial charge on any atom is 0.195 e. The molecule has 98 valence electrons. The van der Waals surface area contributed by atoms with Gasteiger partial charge in [-0.25, -0.2) is 4.39 Å². The zero-order valence-corrected chi connectivity index (χ0v) is 10.6. The summed E-state index contributed by atoms with van der Waals surface area (Å²) in [7, 11) is 0. The van der Waals surface area contributed by atoms with Crippen LogP contribution in [0.25, 0.3) is 10.8 Å². The molecule has 2 nitrogen and oxygen atoms in total. The van der Waals surface area contributed by atoms with Crippen LogP contribution < -0.4 is 5.73 Å². The van der Waals surface area contributed by atoms with Gasteiger partial charge in [0.25, 0.3) is 0 Å². The van der Waals surface area contributed by atoms with E-state index in [4.69, 9.17) is 5.73 Å². The highest BCUT2D eigenvalue weighted by atomic mass is 19.1. The van der Waals surface area contributed by atoms with Crippen molar-refractivity contribution in [1.82, 2.24) is 0 Å². The Balaban J connectivity index is 2.14. The first kappa shape index (κ1) is 12.4. The number of carbonyl (C=O) groups excluding carboxylic acids is 1. The van der Waals surface area contributed by atoms with E-state index >= 15 is 0 Å². The summed E-state index contributed by atoms with van der Waals surface area (Å²) in [6, 6.07) is 16.8. The van der Waals surface area contributed by atoms with Crippen LogP contribution in [-0.4, -0.2) is 5.78 Å². The Morgan fingerprint density at radius 3 is 2.30 bits per heavy atom. The Hall–Kier alpha value is -2.68. The van der Waals surface area contributed by atoms with Crippen LogP contribution in [0.15, 0.2) is 60.7 Å². The van der Waals surface area contributed by atoms with Crippen molar-refractivity contribution in [2.45, 2.75) is 0 Å². The van der Waals surface area contributed by atoms with Gasteiger partial charge in [0.2, 0.25) is 0 Å². The maximum absolute atomic E-state index is 13.2. The number of anilines is 1. The van der Waals surface area contributed by atoms with E-state index in [1.165, 1.54) is 18.2 Å². The van der Waals surface area contributed by atoms with Gasteiger partial charge in [0.1, 0.15) is 5.82 Å². The van der Waals surface area contributed by atoms with Gasteiger partial charge in [0, 0.05) is 16.8 Å². The summed E-state index contributed by atoms with van der Waals surface area (Å²) in [6.45, 7) is 0. The number of carbonyl (C=O) groups is 1. The van der Waals surface area contributed by atoms with Crippen LogP contribution in [0.1, 0.15) is 15.9 Å². The maximum atomic E-state index is 13.2. The second-order valence-electron chi connectivity index (χ2n) is 4.63. The number of nitrogen functional groups attached to an aromatic ring is 1. The van der Waals surface area contributed by atoms with E-state index < -0.39 is 5.82 Å². The van der Waals surface area contributed by atoms with Crippen molar-refractivity contribution >= 4 is 22.2 Å². The van der Waals surface area contributed by atoms with Crippen LogP contribution in [0.2, 0.25) is 0 Å². The molecule has 0 spiro atoms. The van der Waals surface area contributed by atoms with Crippen LogP contribution in [0.4, 0.5) is 10.1 Å². The van der Waals surface area contributed by atoms with Crippen LogP contribution in [0, 0.1) is 5.82 Å². The van der Waals surface area contributed by atoms with E-state index in [-0.39, 0.29) is 5.78 Å². The van der Waals surface area contributed by atoms with Gasteiger partial charge in [-0.3, -0.25) is 4.79 Å². The molecule has 0 heterocycles. The van der Waals surface area contributed by atoms with Crippen LogP contribution in [0.3, 0.4) is 0 Å². The summed E-state index contributed by atoms with van der Waals surface area (Å²) >= 11 is 0. The monoisotopic (exact) mass is 265 g/mol. The summed E-state index contributed by atoms with van der Waals surface area (Å²) in [5.41, 5.74) is 7.04. The zero-order valence-electron chi connectivity index (χ0n) is 10.6. The molecular weight excluding hydrogens is 253 g/mol. The molecule has 3 heteroatoms. The Bertz CT molecular complexity index is 811. The smallest absolute Gasteiger partial charge is 0.195 e. The molecule has 3 rings (SSSR count). The molecule has 0 aliphatic carbocycles. The van der Waals surface area contributed by atoms with E-state index in [0.717, 1.165) is 10.8 Å². The summed E-state index contributed by atoms with van der Waals surface area (Å²) < 4.78 is 13.2. The fraction of sp³-hybridized carbons (Fsp3) is 0. The minimum absolute atomic E-state index is 0.271. The average Bonchev–Trinajstić information content (AvgIpc) is 2.46. The molecule has 0 unspecified atom stereocenters. The molecule has 0 aliphatic rings. The van der Waals surface area contributed by atoms with Crippen LogP contribution in [0.5, 0.6) is 0 Å². The highest BCUT2D eigenvalue weighted by Crippen LogP contribution is 2.24. The molecule has 2 N–H and O–H groups in total. The van der Waals surface area contributed by atoms with Gasteiger partial charge in [-0.15, -0.1) is 0 Å². The predicted octanol–water partition coefficient (Wildman–Crippen LogP) is 3.79. The molecule has 0 bridgehead atoms. The van der Waals surface area contributed by atoms with E-state index in [9.17, 15) is 9.18 Å². The fourth-order valence-corrected chi connectivity index (χ4v) is 2.24. The summed E-state index contributed by atoms with van der Waals surface area (Å²) in [5.74, 6) is -0.706. The van der Waals surface area contributed by atoms with Gasteiger partial charge in [-0.2, -0.15) is 0 Å². The number of ketones is 1. The Morgan fingerprint density at radius 2 is 1.60 bits per heavy atom. The van der Waals surface area contributed by atoms with Gasteiger partial charge in [0.05, 0.1) is 0 Å². The second kappa shape index (κ2) is 4.78. The van der Waals surface area contributed by atoms with Crippen molar-refractivity contribution < 1.29 is 9.18 Å². The number of hydrogen-bond acceptors (Lipinski definition) is 2. The number of fused-ring (bicyclic) bond motifs is 1. The van der Waals surface area contributed by atoms with Crippen molar-refractivity contribution in [2.75, 3.05) is 5.73 Å². The van der Waals surface area contributed by atoms with E-state index in [1.807, 2.05) is 24.3 Å². The first-order valence-corrected chi connectivity index (χ1v) is 6.24. The van der Waals surface area contributed by atoms with Gasteiger partial charge in [-0.05, 0) is 35.0 Å². The second-order valence-corrected chi connectivity index (χ2v) is 4.63. The lowest BCUT2D eigenvalue weighted by Gasteiger charge is -2.07. The van der Waals surface area contributed by atoms with E-state index in [0.29, 0.717) is 16.8 Å². The molecule has 0 aliphatic heterocycles. The molecular formula is C17H12FNO. The quantitative estimate of drug-likeness (QED) is 0.566. The number of nitrogens with two attached hydrogens (primary N) is 1. The zero-order chi connectivity index (χ0) is 14.1. The van der Waals surface area contributed by atoms with Crippen molar-refractivity contribution in [3.63, 3.8) is 0 Å². The Kier molecular flexibility index (Phi) is 2.95. The lowest BCUT2D eigenvalue weighted by Crippen LogP contribution is -2.05. The standard InChI is InChI=1S/C17H12FNO/c18-14-7-3-6-13(8-14)17(20)15-9-11-4-1-2-5-12(11)10-16(15)19/h1-10H,19H2. The molecule has 20 heavy (non-hydrogen) atoms. The lowest BCUT2D eigenvalue weighted by atomic mass is 9.98. The topological polar surface area (TPSA) is 43.1 Å². The van der Waals surface area contributed by atoms with Crippen molar-refractivity contribution in [2.24, 2.45) is 0 Å². The average molecular weight is 265 g/mol. The molecule has 0 amide bonds. The predicted molar refractivity (Wildman–Crippen MR) is 78.2 cm³/mol. The number of benzene rings is 3. The van der Waals surface area contributed by atoms with E-state index in [2.05, 4.69) is 0 Å². The minimum Gasteiger partial charge on any atom is -0.398 e. The SMILES string of the molecule is Nc1cc2ccccc2cc1C(=O)c1cccc(F)c1. The van der Waals surface area contributed by atoms with Gasteiger partial charge < -0.3 is 5.73 Å². The number of hydrogen-bond donors (Lipinski definition) is 1. The highest BCUT2D eigenvalue weighted by molar-refractivity contribution is 6.14. The molecule has 0 radical (unpaired) electrons. The molecule has 0 saturated heterocycles. The third-order valence-corrected chi connectivity index (χ3v) is 3.25. The third kappa shape index (κ3) is 2.14. The summed E-state index contributed by atoms with van der Waals surface area (Å²) in [5, 5.41) is 1.90. The Morgan fingerprint density at radius 1 is 0.900 bits per heavy atom. The van der Waals surface area contributed by atoms with Crippen LogP contribution >= 0.6 is 0 Å². The van der Waals surface area contributed by atoms with Crippen molar-refractivity contribution in [3.05, 3.63) is 77.6 Å². The molecule has 0 atom stereocenters. The van der Waals surface area contributed by atoms with E-state index in [1.54, 1.807) is 18.2 Å². The van der Waals surface area contributed by atoms with Gasteiger partial charge >= 0.3 is 0 Å². The van der Waals surface area contributed by atoms with Crippen molar-refractivity contribution in [1.29, 1.82) is 0 Å². The largest absolute Gasteiger partial charge is 0.398 e. The first-order chi connectivity index (χ1) is 9.65. The lowest BCUT2D eigenvalue weighted by molar-refractivity contribution is 0.103. The molecule has 3 aromatic carbocycles. The minimum atomic E-state index is -0.435. The van der Waals surface area contributed by atoms with Gasteiger partial charge in [0.15, 0.2) is 5.78 Å². The summed E-state index contributed by atoms with van der Waals surface area (Å²) in [6.07, 6.45) is 0. The normalized spacial score (nSPS) is 10.7. The first-order valence-electron chi connectivity index (χ1n) is 6.24.